The Bertz CT molecular complexity index is 1000. The third-order valence-electron chi connectivity index (χ3n) is 5.38. The van der Waals surface area contributed by atoms with E-state index in [4.69, 9.17) is 24.0 Å². The van der Waals surface area contributed by atoms with Crippen LogP contribution in [0.4, 0.5) is 5.82 Å². The van der Waals surface area contributed by atoms with Gasteiger partial charge in [-0.2, -0.15) is 5.10 Å². The summed E-state index contributed by atoms with van der Waals surface area (Å²) in [7, 11) is 6.52. The van der Waals surface area contributed by atoms with E-state index in [1.807, 2.05) is 41.1 Å². The van der Waals surface area contributed by atoms with Crippen LogP contribution in [0.15, 0.2) is 36.4 Å². The lowest BCUT2D eigenvalue weighted by atomic mass is 10.0. The van der Waals surface area contributed by atoms with Crippen molar-refractivity contribution in [1.82, 2.24) is 9.78 Å². The van der Waals surface area contributed by atoms with E-state index in [9.17, 15) is 0 Å². The van der Waals surface area contributed by atoms with E-state index >= 15 is 0 Å². The zero-order valence-electron chi connectivity index (χ0n) is 17.8. The van der Waals surface area contributed by atoms with Gasteiger partial charge in [-0.3, -0.25) is 0 Å². The molecule has 0 unspecified atom stereocenters. The van der Waals surface area contributed by atoms with Gasteiger partial charge in [-0.15, -0.1) is 0 Å². The van der Waals surface area contributed by atoms with Crippen LogP contribution < -0.4 is 24.3 Å². The maximum atomic E-state index is 5.56. The second-order valence-corrected chi connectivity index (χ2v) is 7.08. The molecule has 2 heterocycles. The first-order valence-electron chi connectivity index (χ1n) is 10.0. The van der Waals surface area contributed by atoms with Crippen LogP contribution in [0.25, 0.3) is 16.9 Å². The monoisotopic (exact) mass is 409 g/mol. The molecule has 0 aliphatic carbocycles. The van der Waals surface area contributed by atoms with Crippen molar-refractivity contribution in [1.29, 1.82) is 0 Å². The molecule has 0 spiro atoms. The average Bonchev–Trinajstić information content (AvgIpc) is 2.98. The normalized spacial score (nSPS) is 13.1. The quantitative estimate of drug-likeness (QED) is 0.654. The highest BCUT2D eigenvalue weighted by atomic mass is 16.5. The second kappa shape index (κ2) is 8.57. The van der Waals surface area contributed by atoms with Crippen LogP contribution in [0.3, 0.4) is 0 Å². The van der Waals surface area contributed by atoms with E-state index in [0.717, 1.165) is 54.3 Å². The highest BCUT2D eigenvalue weighted by molar-refractivity contribution is 5.75. The van der Waals surface area contributed by atoms with Gasteiger partial charge in [0.15, 0.2) is 11.5 Å². The number of rotatable bonds is 6. The van der Waals surface area contributed by atoms with Crippen molar-refractivity contribution in [2.75, 3.05) is 40.3 Å². The molecule has 7 nitrogen and oxygen atoms in total. The zero-order valence-corrected chi connectivity index (χ0v) is 17.8. The lowest BCUT2D eigenvalue weighted by Crippen LogP contribution is -2.07. The number of hydrogen-bond acceptors (Lipinski definition) is 6. The molecule has 1 N–H and O–H groups in total. The molecule has 0 saturated heterocycles. The highest BCUT2D eigenvalue weighted by Crippen LogP contribution is 2.43. The molecule has 30 heavy (non-hydrogen) atoms. The van der Waals surface area contributed by atoms with Crippen LogP contribution >= 0.6 is 0 Å². The van der Waals surface area contributed by atoms with E-state index in [1.165, 1.54) is 5.56 Å². The summed E-state index contributed by atoms with van der Waals surface area (Å²) in [5.41, 5.74) is 4.00. The van der Waals surface area contributed by atoms with E-state index in [0.29, 0.717) is 17.2 Å². The Morgan fingerprint density at radius 2 is 1.57 bits per heavy atom. The Morgan fingerprint density at radius 3 is 2.17 bits per heavy atom. The van der Waals surface area contributed by atoms with Gasteiger partial charge in [0.1, 0.15) is 11.6 Å². The minimum Gasteiger partial charge on any atom is -0.497 e. The Labute approximate surface area is 176 Å². The van der Waals surface area contributed by atoms with Crippen molar-refractivity contribution in [3.05, 3.63) is 42.0 Å². The fourth-order valence-corrected chi connectivity index (χ4v) is 3.86. The van der Waals surface area contributed by atoms with Crippen LogP contribution in [0.1, 0.15) is 18.4 Å². The summed E-state index contributed by atoms with van der Waals surface area (Å²) in [6.45, 7) is 0.920. The summed E-state index contributed by atoms with van der Waals surface area (Å²) in [6.07, 6.45) is 3.17. The molecule has 1 aliphatic heterocycles. The van der Waals surface area contributed by atoms with E-state index in [-0.39, 0.29) is 0 Å². The molecule has 3 aromatic rings. The van der Waals surface area contributed by atoms with Gasteiger partial charge >= 0.3 is 0 Å². The lowest BCUT2D eigenvalue weighted by Gasteiger charge is -2.14. The molecule has 1 aromatic heterocycles. The summed E-state index contributed by atoms with van der Waals surface area (Å²) in [6, 6.07) is 11.8. The number of nitrogens with one attached hydrogen (secondary N) is 1. The summed E-state index contributed by atoms with van der Waals surface area (Å²) >= 11 is 0. The summed E-state index contributed by atoms with van der Waals surface area (Å²) in [4.78, 5) is 0. The summed E-state index contributed by atoms with van der Waals surface area (Å²) in [5, 5.41) is 8.57. The highest BCUT2D eigenvalue weighted by Gasteiger charge is 2.24. The third kappa shape index (κ3) is 3.51. The van der Waals surface area contributed by atoms with Crippen molar-refractivity contribution < 1.29 is 18.9 Å². The summed E-state index contributed by atoms with van der Waals surface area (Å²) in [5.74, 6) is 3.64. The molecule has 0 bridgehead atoms. The number of ether oxygens (including phenoxy) is 4. The number of aromatic nitrogens is 2. The molecule has 4 rings (SSSR count). The van der Waals surface area contributed by atoms with E-state index in [1.54, 1.807) is 28.4 Å². The Hall–Kier alpha value is -3.35. The molecule has 0 fully saturated rings. The standard InChI is InChI=1S/C23H27N3O4/c1-27-17-10-8-16(9-11-17)26-23-18(7-5-6-12-24-23)21(25-26)15-13-19(28-2)22(30-4)20(14-15)29-3/h8-11,13-14,24H,5-7,12H2,1-4H3. The van der Waals surface area contributed by atoms with E-state index < -0.39 is 0 Å². The number of nitrogens with zero attached hydrogens (tertiary/aromatic N) is 2. The van der Waals surface area contributed by atoms with Crippen molar-refractivity contribution in [2.24, 2.45) is 0 Å². The van der Waals surface area contributed by atoms with Gasteiger partial charge in [-0.1, -0.05) is 0 Å². The van der Waals surface area contributed by atoms with Crippen LogP contribution in [0.5, 0.6) is 23.0 Å². The van der Waals surface area contributed by atoms with E-state index in [2.05, 4.69) is 5.32 Å². The van der Waals surface area contributed by atoms with Crippen LogP contribution in [-0.2, 0) is 6.42 Å². The van der Waals surface area contributed by atoms with Crippen molar-refractivity contribution >= 4 is 5.82 Å². The maximum absolute atomic E-state index is 5.56. The molecular formula is C23H27N3O4. The SMILES string of the molecule is COc1ccc(-n2nc(-c3cc(OC)c(OC)c(OC)c3)c3c2NCCCC3)cc1. The number of fused-ring (bicyclic) bond motifs is 1. The third-order valence-corrected chi connectivity index (χ3v) is 5.38. The van der Waals surface area contributed by atoms with Crippen molar-refractivity contribution in [3.8, 4) is 39.9 Å². The van der Waals surface area contributed by atoms with Gasteiger partial charge in [-0.25, -0.2) is 4.68 Å². The maximum Gasteiger partial charge on any atom is 0.203 e. The summed E-state index contributed by atoms with van der Waals surface area (Å²) < 4.78 is 23.9. The van der Waals surface area contributed by atoms with Gasteiger partial charge in [0, 0.05) is 17.7 Å². The fourth-order valence-electron chi connectivity index (χ4n) is 3.86. The first kappa shape index (κ1) is 19.9. The van der Waals surface area contributed by atoms with Gasteiger partial charge in [0.25, 0.3) is 0 Å². The Morgan fingerprint density at radius 1 is 0.867 bits per heavy atom. The van der Waals surface area contributed by atoms with Crippen molar-refractivity contribution in [3.63, 3.8) is 0 Å². The number of benzene rings is 2. The molecule has 158 valence electrons. The molecule has 1 aliphatic rings. The molecule has 0 atom stereocenters. The van der Waals surface area contributed by atoms with Gasteiger partial charge in [0.05, 0.1) is 39.8 Å². The minimum atomic E-state index is 0.572. The first-order valence-corrected chi connectivity index (χ1v) is 10.0. The second-order valence-electron chi connectivity index (χ2n) is 7.08. The Balaban J connectivity index is 1.89. The zero-order chi connectivity index (χ0) is 21.1. The molecular weight excluding hydrogens is 382 g/mol. The molecule has 7 heteroatoms. The molecule has 0 saturated carbocycles. The largest absolute Gasteiger partial charge is 0.497 e. The average molecular weight is 409 g/mol. The van der Waals surface area contributed by atoms with Crippen LogP contribution in [-0.4, -0.2) is 44.8 Å². The predicted molar refractivity (Wildman–Crippen MR) is 117 cm³/mol. The van der Waals surface area contributed by atoms with Crippen LogP contribution in [0, 0.1) is 0 Å². The molecule has 2 aromatic carbocycles. The first-order chi connectivity index (χ1) is 14.7. The Kier molecular flexibility index (Phi) is 5.70. The number of anilines is 1. The van der Waals surface area contributed by atoms with Gasteiger partial charge < -0.3 is 24.3 Å². The van der Waals surface area contributed by atoms with Crippen molar-refractivity contribution in [2.45, 2.75) is 19.3 Å². The topological polar surface area (TPSA) is 66.8 Å². The smallest absolute Gasteiger partial charge is 0.203 e. The number of methoxy groups -OCH3 is 4. The lowest BCUT2D eigenvalue weighted by molar-refractivity contribution is 0.324. The minimum absolute atomic E-state index is 0.572. The predicted octanol–water partition coefficient (Wildman–Crippen LogP) is 4.32. The number of hydrogen-bond donors (Lipinski definition) is 1. The van der Waals surface area contributed by atoms with Gasteiger partial charge in [0.2, 0.25) is 5.75 Å². The van der Waals surface area contributed by atoms with Crippen LogP contribution in [0.2, 0.25) is 0 Å². The molecule has 0 radical (unpaired) electrons. The molecule has 0 amide bonds. The fraction of sp³-hybridized carbons (Fsp3) is 0.348. The van der Waals surface area contributed by atoms with Gasteiger partial charge in [-0.05, 0) is 55.7 Å².